The molecule has 0 unspecified atom stereocenters. The zero-order chi connectivity index (χ0) is 19.8. The number of aliphatic hydroxyl groups excluding tert-OH is 3. The van der Waals surface area contributed by atoms with E-state index in [1.807, 2.05) is 18.2 Å². The second kappa shape index (κ2) is 7.94. The lowest BCUT2D eigenvalue weighted by Gasteiger charge is -2.39. The van der Waals surface area contributed by atoms with Gasteiger partial charge in [0.2, 0.25) is 0 Å². The van der Waals surface area contributed by atoms with Crippen molar-refractivity contribution < 1.29 is 24.5 Å². The molecule has 1 aliphatic rings. The second-order valence-corrected chi connectivity index (χ2v) is 8.38. The summed E-state index contributed by atoms with van der Waals surface area (Å²) in [5.74, 6) is 0.767. The van der Waals surface area contributed by atoms with Crippen molar-refractivity contribution in [1.29, 1.82) is 0 Å². The molecule has 3 heterocycles. The zero-order valence-electron chi connectivity index (χ0n) is 15.0. The lowest BCUT2D eigenvalue weighted by Crippen LogP contribution is -2.53. The van der Waals surface area contributed by atoms with Crippen LogP contribution in [0.3, 0.4) is 0 Å². The molecular formula is C20H20ClNO5S. The Bertz CT molecular complexity index is 944. The molecule has 5 atom stereocenters. The number of hydrogen-bond acceptors (Lipinski definition) is 7. The number of hydrogen-bond donors (Lipinski definition) is 3. The van der Waals surface area contributed by atoms with Crippen molar-refractivity contribution in [1.82, 2.24) is 4.98 Å². The van der Waals surface area contributed by atoms with E-state index in [9.17, 15) is 15.3 Å². The van der Waals surface area contributed by atoms with Crippen molar-refractivity contribution in [2.75, 3.05) is 0 Å². The molecule has 6 nitrogen and oxygen atoms in total. The Kier molecular flexibility index (Phi) is 5.55. The van der Waals surface area contributed by atoms with Crippen molar-refractivity contribution in [3.8, 4) is 10.6 Å². The standard InChI is InChI=1S/C20H20ClNO5S/c1-10-17(23)18(24)19(25)20(27-10)11-4-5-13(21)12(7-11)8-16-22-9-15(28-16)14-3-2-6-26-14/h2-7,9-10,17-20,23-25H,8H2,1H3/t10-,17-,18-,19-,20+/m1/s1. The van der Waals surface area contributed by atoms with Crippen molar-refractivity contribution in [2.45, 2.75) is 43.9 Å². The number of aromatic nitrogens is 1. The van der Waals surface area contributed by atoms with Gasteiger partial charge in [-0.05, 0) is 36.2 Å². The van der Waals surface area contributed by atoms with Crippen molar-refractivity contribution >= 4 is 22.9 Å². The Morgan fingerprint density at radius 1 is 1.14 bits per heavy atom. The van der Waals surface area contributed by atoms with Gasteiger partial charge in [-0.3, -0.25) is 0 Å². The fourth-order valence-electron chi connectivity index (χ4n) is 3.32. The van der Waals surface area contributed by atoms with Gasteiger partial charge >= 0.3 is 0 Å². The van der Waals surface area contributed by atoms with Gasteiger partial charge in [0.25, 0.3) is 0 Å². The largest absolute Gasteiger partial charge is 0.463 e. The van der Waals surface area contributed by atoms with Gasteiger partial charge in [-0.1, -0.05) is 23.7 Å². The number of furan rings is 1. The lowest BCUT2D eigenvalue weighted by molar-refractivity contribution is -0.219. The average Bonchev–Trinajstić information content (AvgIpc) is 3.36. The molecule has 1 saturated heterocycles. The maximum Gasteiger partial charge on any atom is 0.145 e. The topological polar surface area (TPSA) is 96.0 Å². The van der Waals surface area contributed by atoms with Crippen LogP contribution < -0.4 is 0 Å². The lowest BCUT2D eigenvalue weighted by atomic mass is 9.91. The number of ether oxygens (including phenoxy) is 1. The third-order valence-corrected chi connectivity index (χ3v) is 6.29. The summed E-state index contributed by atoms with van der Waals surface area (Å²) >= 11 is 7.89. The second-order valence-electron chi connectivity index (χ2n) is 6.86. The fourth-order valence-corrected chi connectivity index (χ4v) is 4.41. The molecule has 0 amide bonds. The van der Waals surface area contributed by atoms with E-state index in [0.717, 1.165) is 21.2 Å². The maximum atomic E-state index is 10.3. The van der Waals surface area contributed by atoms with E-state index in [-0.39, 0.29) is 0 Å². The molecule has 0 spiro atoms. The monoisotopic (exact) mass is 421 g/mol. The number of aliphatic hydroxyl groups is 3. The first-order valence-corrected chi connectivity index (χ1v) is 10.1. The van der Waals surface area contributed by atoms with Gasteiger partial charge in [0, 0.05) is 17.6 Å². The first-order chi connectivity index (χ1) is 13.4. The average molecular weight is 422 g/mol. The van der Waals surface area contributed by atoms with Crippen LogP contribution in [-0.4, -0.2) is 44.7 Å². The van der Waals surface area contributed by atoms with Gasteiger partial charge in [0.1, 0.15) is 30.2 Å². The summed E-state index contributed by atoms with van der Waals surface area (Å²) < 4.78 is 11.1. The summed E-state index contributed by atoms with van der Waals surface area (Å²) in [6.07, 6.45) is -1.08. The van der Waals surface area contributed by atoms with Gasteiger partial charge in [-0.25, -0.2) is 4.98 Å². The third-order valence-electron chi connectivity index (χ3n) is 4.91. The molecule has 0 radical (unpaired) electrons. The van der Waals surface area contributed by atoms with Crippen molar-refractivity contribution in [3.63, 3.8) is 0 Å². The molecule has 0 saturated carbocycles. The molecule has 3 aromatic rings. The van der Waals surface area contributed by atoms with E-state index in [0.29, 0.717) is 17.0 Å². The molecule has 148 valence electrons. The molecule has 28 heavy (non-hydrogen) atoms. The van der Waals surface area contributed by atoms with Crippen LogP contribution in [0, 0.1) is 0 Å². The smallest absolute Gasteiger partial charge is 0.145 e. The molecule has 3 N–H and O–H groups in total. The normalized spacial score (nSPS) is 27.8. The predicted molar refractivity (Wildman–Crippen MR) is 105 cm³/mol. The van der Waals surface area contributed by atoms with E-state index >= 15 is 0 Å². The Labute approximate surface area is 171 Å². The highest BCUT2D eigenvalue weighted by molar-refractivity contribution is 7.15. The summed E-state index contributed by atoms with van der Waals surface area (Å²) in [6, 6.07) is 9.06. The summed E-state index contributed by atoms with van der Waals surface area (Å²) in [5.41, 5.74) is 1.52. The minimum Gasteiger partial charge on any atom is -0.463 e. The molecule has 4 rings (SSSR count). The Hall–Kier alpha value is -1.74. The number of benzene rings is 1. The molecule has 1 aliphatic heterocycles. The molecule has 0 bridgehead atoms. The maximum absolute atomic E-state index is 10.3. The quantitative estimate of drug-likeness (QED) is 0.598. The van der Waals surface area contributed by atoms with Gasteiger partial charge in [-0.15, -0.1) is 11.3 Å². The Morgan fingerprint density at radius 2 is 1.96 bits per heavy atom. The van der Waals surface area contributed by atoms with Crippen LogP contribution >= 0.6 is 22.9 Å². The fraction of sp³-hybridized carbons (Fsp3) is 0.350. The van der Waals surface area contributed by atoms with E-state index in [2.05, 4.69) is 4.98 Å². The Balaban J connectivity index is 1.58. The summed E-state index contributed by atoms with van der Waals surface area (Å²) in [6.45, 7) is 1.66. The summed E-state index contributed by atoms with van der Waals surface area (Å²) in [4.78, 5) is 5.38. The molecule has 2 aromatic heterocycles. The minimum absolute atomic E-state index is 0.515. The zero-order valence-corrected chi connectivity index (χ0v) is 16.6. The highest BCUT2D eigenvalue weighted by atomic mass is 35.5. The van der Waals surface area contributed by atoms with Crippen LogP contribution in [0.25, 0.3) is 10.6 Å². The molecule has 1 aromatic carbocycles. The number of thiazole rings is 1. The van der Waals surface area contributed by atoms with E-state index in [4.69, 9.17) is 20.8 Å². The van der Waals surface area contributed by atoms with Gasteiger partial charge in [0.05, 0.1) is 22.3 Å². The van der Waals surface area contributed by atoms with Crippen LogP contribution in [0.1, 0.15) is 29.2 Å². The number of halogens is 1. The van der Waals surface area contributed by atoms with E-state index in [1.54, 1.807) is 31.5 Å². The first kappa shape index (κ1) is 19.6. The molecule has 8 heteroatoms. The van der Waals surface area contributed by atoms with Crippen LogP contribution in [0.15, 0.2) is 47.2 Å². The van der Waals surface area contributed by atoms with Crippen LogP contribution in [0.2, 0.25) is 5.02 Å². The van der Waals surface area contributed by atoms with Crippen LogP contribution in [-0.2, 0) is 11.2 Å². The highest BCUT2D eigenvalue weighted by Crippen LogP contribution is 2.35. The molecule has 1 fully saturated rings. The summed E-state index contributed by atoms with van der Waals surface area (Å²) in [7, 11) is 0. The van der Waals surface area contributed by atoms with Crippen LogP contribution in [0.5, 0.6) is 0 Å². The van der Waals surface area contributed by atoms with Crippen molar-refractivity contribution in [2.24, 2.45) is 0 Å². The van der Waals surface area contributed by atoms with E-state index < -0.39 is 30.5 Å². The molecular weight excluding hydrogens is 402 g/mol. The van der Waals surface area contributed by atoms with Gasteiger partial charge < -0.3 is 24.5 Å². The van der Waals surface area contributed by atoms with Gasteiger partial charge in [-0.2, -0.15) is 0 Å². The predicted octanol–water partition coefficient (Wildman–Crippen LogP) is 3.19. The first-order valence-electron chi connectivity index (χ1n) is 8.90. The summed E-state index contributed by atoms with van der Waals surface area (Å²) in [5, 5.41) is 31.8. The van der Waals surface area contributed by atoms with Crippen LogP contribution in [0.4, 0.5) is 0 Å². The SMILES string of the molecule is C[C@H]1O[C@@H](c2ccc(Cl)c(Cc3ncc(-c4ccco4)s3)c2)[C@H](O)[C@H](O)[C@@H]1O. The minimum atomic E-state index is -1.28. The van der Waals surface area contributed by atoms with E-state index in [1.165, 1.54) is 11.3 Å². The highest BCUT2D eigenvalue weighted by Gasteiger charge is 2.42. The number of rotatable bonds is 4. The Morgan fingerprint density at radius 3 is 2.71 bits per heavy atom. The number of nitrogens with zero attached hydrogens (tertiary/aromatic N) is 1. The third kappa shape index (κ3) is 3.74. The molecule has 0 aliphatic carbocycles. The van der Waals surface area contributed by atoms with Gasteiger partial charge in [0.15, 0.2) is 0 Å². The van der Waals surface area contributed by atoms with Crippen molar-refractivity contribution in [3.05, 3.63) is 63.9 Å².